The molecule has 0 amide bonds. The molecule has 1 atom stereocenters. The second kappa shape index (κ2) is 10.6. The van der Waals surface area contributed by atoms with Gasteiger partial charge in [0.25, 0.3) is 5.70 Å². The zero-order valence-electron chi connectivity index (χ0n) is 19.0. The standard InChI is InChI=1S/C21H24F3N5O6/c1-13-17(20(30)34-11-12-35-26-29(33)27-9-5-6-10-27)18(19(28(31)32)14(2)25-13)15-7-3-4-8-16(15)21(22,23)24/h3-4,7-8,18,25H,5-6,9-12H2,1-2H3/b29-26-. The maximum Gasteiger partial charge on any atom is 0.416 e. The van der Waals surface area contributed by atoms with E-state index in [-0.39, 0.29) is 23.6 Å². The highest BCUT2D eigenvalue weighted by molar-refractivity contribution is 5.92. The van der Waals surface area contributed by atoms with Crippen molar-refractivity contribution in [3.8, 4) is 0 Å². The number of carbonyl (C=O) groups is 1. The minimum absolute atomic E-state index is 0.00520. The fourth-order valence-electron chi connectivity index (χ4n) is 4.07. The molecule has 1 aromatic carbocycles. The Morgan fingerprint density at radius 2 is 1.83 bits per heavy atom. The molecule has 11 nitrogen and oxygen atoms in total. The maximum atomic E-state index is 13.7. The lowest BCUT2D eigenvalue weighted by atomic mass is 9.81. The molecular weight excluding hydrogens is 475 g/mol. The van der Waals surface area contributed by atoms with E-state index in [2.05, 4.69) is 10.6 Å². The molecule has 0 radical (unpaired) electrons. The molecule has 1 aromatic rings. The van der Waals surface area contributed by atoms with Gasteiger partial charge < -0.3 is 20.1 Å². The van der Waals surface area contributed by atoms with Crippen LogP contribution in [0, 0.1) is 15.3 Å². The van der Waals surface area contributed by atoms with Crippen LogP contribution in [0.1, 0.15) is 43.7 Å². The highest BCUT2D eigenvalue weighted by Gasteiger charge is 2.45. The molecule has 14 heteroatoms. The van der Waals surface area contributed by atoms with Crippen molar-refractivity contribution >= 4 is 5.97 Å². The Kier molecular flexibility index (Phi) is 7.82. The van der Waals surface area contributed by atoms with Crippen LogP contribution in [-0.2, 0) is 20.5 Å². The lowest BCUT2D eigenvalue weighted by molar-refractivity contribution is -0.707. The summed E-state index contributed by atoms with van der Waals surface area (Å²) >= 11 is 0. The number of esters is 1. The molecule has 1 saturated heterocycles. The third kappa shape index (κ3) is 5.81. The number of nitro groups is 1. The summed E-state index contributed by atoms with van der Waals surface area (Å²) in [6.07, 6.45) is -3.10. The molecule has 2 aliphatic heterocycles. The highest BCUT2D eigenvalue weighted by atomic mass is 19.4. The Hall–Kier alpha value is -3.84. The molecule has 0 spiro atoms. The molecule has 0 bridgehead atoms. The predicted octanol–water partition coefficient (Wildman–Crippen LogP) is 3.62. The van der Waals surface area contributed by atoms with Crippen LogP contribution in [0.2, 0.25) is 0 Å². The molecule has 2 aliphatic rings. The van der Waals surface area contributed by atoms with Gasteiger partial charge in [0, 0.05) is 5.70 Å². The minimum atomic E-state index is -4.81. The Morgan fingerprint density at radius 3 is 2.46 bits per heavy atom. The summed E-state index contributed by atoms with van der Waals surface area (Å²) < 4.78 is 46.3. The van der Waals surface area contributed by atoms with E-state index in [0.29, 0.717) is 18.1 Å². The monoisotopic (exact) mass is 499 g/mol. The number of dihydropyridines is 1. The SMILES string of the molecule is CC1=C(C(=O)OCCO/N=[N+](\[O-])N2CCCC2)C(c2ccccc2C(F)(F)F)C([N+](=O)[O-])=C(C)N1. The summed E-state index contributed by atoms with van der Waals surface area (Å²) in [7, 11) is 0. The molecule has 0 aliphatic carbocycles. The summed E-state index contributed by atoms with van der Waals surface area (Å²) in [5.41, 5.74) is -2.36. The fourth-order valence-corrected chi connectivity index (χ4v) is 4.07. The Balaban J connectivity index is 1.82. The van der Waals surface area contributed by atoms with Crippen LogP contribution in [0.25, 0.3) is 0 Å². The Bertz CT molecular complexity index is 1080. The number of halogens is 3. The minimum Gasteiger partial charge on any atom is -0.569 e. The number of alkyl halides is 3. The zero-order chi connectivity index (χ0) is 25.8. The van der Waals surface area contributed by atoms with Crippen LogP contribution in [-0.4, -0.2) is 47.2 Å². The first-order valence-electron chi connectivity index (χ1n) is 10.7. The maximum absolute atomic E-state index is 13.7. The van der Waals surface area contributed by atoms with E-state index >= 15 is 0 Å². The van der Waals surface area contributed by atoms with Gasteiger partial charge in [-0.1, -0.05) is 18.2 Å². The second-order valence-electron chi connectivity index (χ2n) is 7.91. The van der Waals surface area contributed by atoms with Crippen molar-refractivity contribution in [1.29, 1.82) is 0 Å². The summed E-state index contributed by atoms with van der Waals surface area (Å²) in [4.78, 5) is 29.1. The largest absolute Gasteiger partial charge is 0.569 e. The van der Waals surface area contributed by atoms with Gasteiger partial charge in [-0.25, -0.2) is 4.79 Å². The van der Waals surface area contributed by atoms with Gasteiger partial charge in [-0.2, -0.15) is 13.2 Å². The number of ether oxygens (including phenoxy) is 1. The van der Waals surface area contributed by atoms with Crippen LogP contribution in [0.15, 0.2) is 52.2 Å². The van der Waals surface area contributed by atoms with E-state index < -0.39 is 46.4 Å². The quantitative estimate of drug-likeness (QED) is 0.143. The fraction of sp³-hybridized carbons (Fsp3) is 0.476. The van der Waals surface area contributed by atoms with Gasteiger partial charge in [0.15, 0.2) is 6.61 Å². The second-order valence-corrected chi connectivity index (χ2v) is 7.91. The number of rotatable bonds is 8. The number of carbonyl (C=O) groups excluding carboxylic acids is 1. The van der Waals surface area contributed by atoms with Crippen molar-refractivity contribution in [2.75, 3.05) is 26.3 Å². The molecule has 0 aromatic heterocycles. The molecule has 0 saturated carbocycles. The first-order chi connectivity index (χ1) is 16.5. The molecule has 1 fully saturated rings. The van der Waals surface area contributed by atoms with Crippen LogP contribution in [0.4, 0.5) is 13.2 Å². The Morgan fingerprint density at radius 1 is 1.17 bits per heavy atom. The average molecular weight is 499 g/mol. The first-order valence-corrected chi connectivity index (χ1v) is 10.7. The normalized spacial score (nSPS) is 19.1. The Labute approximate surface area is 198 Å². The number of benzene rings is 1. The lowest BCUT2D eigenvalue weighted by Crippen LogP contribution is -2.33. The highest BCUT2D eigenvalue weighted by Crippen LogP contribution is 2.44. The molecular formula is C21H24F3N5O6. The van der Waals surface area contributed by atoms with E-state index in [1.165, 1.54) is 24.9 Å². The molecule has 190 valence electrons. The van der Waals surface area contributed by atoms with E-state index in [1.54, 1.807) is 0 Å². The van der Waals surface area contributed by atoms with Crippen molar-refractivity contribution in [3.05, 3.63) is 73.4 Å². The van der Waals surface area contributed by atoms with Gasteiger partial charge in [0.05, 0.1) is 39.8 Å². The van der Waals surface area contributed by atoms with Gasteiger partial charge >= 0.3 is 12.1 Å². The predicted molar refractivity (Wildman–Crippen MR) is 113 cm³/mol. The van der Waals surface area contributed by atoms with Crippen LogP contribution >= 0.6 is 0 Å². The number of hydrazine groups is 1. The molecule has 3 rings (SSSR count). The molecule has 1 unspecified atom stereocenters. The summed E-state index contributed by atoms with van der Waals surface area (Å²) in [6.45, 7) is 3.14. The molecule has 2 heterocycles. The van der Waals surface area contributed by atoms with E-state index in [4.69, 9.17) is 9.57 Å². The first kappa shape index (κ1) is 25.8. The number of hydrogen-bond donors (Lipinski definition) is 1. The number of nitrogens with one attached hydrogen (secondary N) is 1. The van der Waals surface area contributed by atoms with Crippen molar-refractivity contribution in [3.63, 3.8) is 0 Å². The van der Waals surface area contributed by atoms with Gasteiger partial charge in [-0.3, -0.25) is 10.1 Å². The number of hydrogen-bond acceptors (Lipinski definition) is 8. The van der Waals surface area contributed by atoms with Gasteiger partial charge in [0.2, 0.25) is 5.28 Å². The van der Waals surface area contributed by atoms with Crippen molar-refractivity contribution in [2.45, 2.75) is 38.8 Å². The lowest BCUT2D eigenvalue weighted by Gasteiger charge is -2.28. The van der Waals surface area contributed by atoms with Crippen LogP contribution in [0.3, 0.4) is 0 Å². The third-order valence-electron chi connectivity index (χ3n) is 5.58. The van der Waals surface area contributed by atoms with Crippen LogP contribution in [0.5, 0.6) is 0 Å². The smallest absolute Gasteiger partial charge is 0.416 e. The summed E-state index contributed by atoms with van der Waals surface area (Å²) in [5, 5.41) is 31.0. The van der Waals surface area contributed by atoms with Crippen molar-refractivity contribution in [1.82, 2.24) is 10.3 Å². The molecule has 1 N–H and O–H groups in total. The average Bonchev–Trinajstić information content (AvgIpc) is 3.32. The zero-order valence-corrected chi connectivity index (χ0v) is 19.0. The number of nitrogens with zero attached hydrogens (tertiary/aromatic N) is 4. The van der Waals surface area contributed by atoms with Gasteiger partial charge in [0.1, 0.15) is 12.5 Å². The van der Waals surface area contributed by atoms with Crippen LogP contribution < -0.4 is 5.32 Å². The number of allylic oxidation sites excluding steroid dienone is 3. The summed E-state index contributed by atoms with van der Waals surface area (Å²) in [6, 6.07) is 4.36. The van der Waals surface area contributed by atoms with Crippen molar-refractivity contribution in [2.24, 2.45) is 5.28 Å². The van der Waals surface area contributed by atoms with E-state index in [1.807, 2.05) is 0 Å². The third-order valence-corrected chi connectivity index (χ3v) is 5.58. The summed E-state index contributed by atoms with van der Waals surface area (Å²) in [5.74, 6) is -2.69. The van der Waals surface area contributed by atoms with Gasteiger partial charge in [-0.05, 0) is 38.3 Å². The van der Waals surface area contributed by atoms with E-state index in [0.717, 1.165) is 31.0 Å². The molecule has 35 heavy (non-hydrogen) atoms. The van der Waals surface area contributed by atoms with Gasteiger partial charge in [-0.15, -0.1) is 5.01 Å². The van der Waals surface area contributed by atoms with E-state index in [9.17, 15) is 33.3 Å². The van der Waals surface area contributed by atoms with Crippen molar-refractivity contribution < 1.29 is 37.4 Å². The topological polar surface area (TPSA) is 132 Å².